The Kier molecular flexibility index (Phi) is 4.95. The van der Waals surface area contributed by atoms with Crippen molar-refractivity contribution in [3.05, 3.63) is 29.8 Å². The number of hydrogen-bond acceptors (Lipinski definition) is 8. The number of rotatable bonds is 5. The minimum absolute atomic E-state index is 0.0129. The Balaban J connectivity index is 1.55. The first-order chi connectivity index (χ1) is 13.2. The van der Waals surface area contributed by atoms with Gasteiger partial charge in [-0.15, -0.1) is 0 Å². The number of hydrazone groups is 1. The Labute approximate surface area is 158 Å². The van der Waals surface area contributed by atoms with E-state index in [4.69, 9.17) is 4.98 Å². The number of nitrogens with zero attached hydrogens (tertiary/aromatic N) is 5. The van der Waals surface area contributed by atoms with Crippen LogP contribution in [0.5, 0.6) is 11.5 Å². The molecule has 0 radical (unpaired) electrons. The van der Waals surface area contributed by atoms with E-state index < -0.39 is 0 Å². The van der Waals surface area contributed by atoms with Gasteiger partial charge in [0, 0.05) is 43.9 Å². The molecule has 2 fully saturated rings. The van der Waals surface area contributed by atoms with Crippen LogP contribution in [0.3, 0.4) is 0 Å². The number of benzene rings is 1. The summed E-state index contributed by atoms with van der Waals surface area (Å²) >= 11 is 0. The molecular formula is C19H24N6O2. The van der Waals surface area contributed by atoms with Gasteiger partial charge in [-0.3, -0.25) is 5.43 Å². The van der Waals surface area contributed by atoms with Crippen LogP contribution >= 0.6 is 0 Å². The summed E-state index contributed by atoms with van der Waals surface area (Å²) in [4.78, 5) is 13.9. The third-order valence-corrected chi connectivity index (χ3v) is 4.92. The summed E-state index contributed by atoms with van der Waals surface area (Å²) in [6.07, 6.45) is 6.20. The third-order valence-electron chi connectivity index (χ3n) is 4.92. The quantitative estimate of drug-likeness (QED) is 0.551. The molecule has 2 aliphatic rings. The molecule has 0 atom stereocenters. The molecule has 0 spiro atoms. The van der Waals surface area contributed by atoms with Crippen LogP contribution in [0.15, 0.2) is 29.4 Å². The van der Waals surface area contributed by atoms with Crippen LogP contribution in [0.1, 0.15) is 31.2 Å². The van der Waals surface area contributed by atoms with E-state index >= 15 is 0 Å². The fraction of sp³-hybridized carbons (Fsp3) is 0.421. The summed E-state index contributed by atoms with van der Waals surface area (Å²) < 4.78 is 0. The van der Waals surface area contributed by atoms with Gasteiger partial charge in [0.05, 0.1) is 6.21 Å². The zero-order valence-corrected chi connectivity index (χ0v) is 15.2. The van der Waals surface area contributed by atoms with E-state index in [0.717, 1.165) is 37.9 Å². The van der Waals surface area contributed by atoms with Crippen molar-refractivity contribution in [1.82, 2.24) is 9.97 Å². The van der Waals surface area contributed by atoms with Crippen LogP contribution in [0.2, 0.25) is 0 Å². The minimum atomic E-state index is -0.0289. The first-order valence-corrected chi connectivity index (χ1v) is 9.39. The van der Waals surface area contributed by atoms with Crippen molar-refractivity contribution >= 4 is 23.8 Å². The predicted octanol–water partition coefficient (Wildman–Crippen LogP) is 2.53. The van der Waals surface area contributed by atoms with Crippen LogP contribution in [0, 0.1) is 0 Å². The molecule has 0 saturated carbocycles. The van der Waals surface area contributed by atoms with Crippen molar-refractivity contribution in [3.63, 3.8) is 0 Å². The van der Waals surface area contributed by atoms with Crippen LogP contribution in [-0.2, 0) is 0 Å². The van der Waals surface area contributed by atoms with Gasteiger partial charge < -0.3 is 20.0 Å². The average Bonchev–Trinajstić information content (AvgIpc) is 3.37. The first kappa shape index (κ1) is 17.4. The molecule has 0 bridgehead atoms. The lowest BCUT2D eigenvalue weighted by Gasteiger charge is -2.21. The maximum atomic E-state index is 9.85. The van der Waals surface area contributed by atoms with Gasteiger partial charge in [-0.2, -0.15) is 15.1 Å². The largest absolute Gasteiger partial charge is 0.508 e. The molecule has 2 saturated heterocycles. The molecule has 142 valence electrons. The standard InChI is InChI=1S/C19H24N6O2/c26-15-6-5-14(16(27)11-15)13-20-23-17-12-18(24-7-1-2-8-24)22-19(21-17)25-9-3-4-10-25/h5-6,11-13,26-27H,1-4,7-10H2,(H,21,22,23)/b20-13-. The Bertz CT molecular complexity index is 795. The lowest BCUT2D eigenvalue weighted by atomic mass is 10.2. The van der Waals surface area contributed by atoms with Gasteiger partial charge in [0.15, 0.2) is 5.82 Å². The van der Waals surface area contributed by atoms with Crippen molar-refractivity contribution in [3.8, 4) is 11.5 Å². The van der Waals surface area contributed by atoms with E-state index in [-0.39, 0.29) is 11.5 Å². The number of hydrogen-bond donors (Lipinski definition) is 3. The maximum Gasteiger partial charge on any atom is 0.229 e. The highest BCUT2D eigenvalue weighted by molar-refractivity contribution is 5.84. The lowest BCUT2D eigenvalue weighted by Crippen LogP contribution is -2.24. The second-order valence-electron chi connectivity index (χ2n) is 6.91. The summed E-state index contributed by atoms with van der Waals surface area (Å²) in [5, 5.41) is 23.4. The predicted molar refractivity (Wildman–Crippen MR) is 106 cm³/mol. The van der Waals surface area contributed by atoms with E-state index in [1.165, 1.54) is 44.0 Å². The molecule has 1 aromatic carbocycles. The highest BCUT2D eigenvalue weighted by atomic mass is 16.3. The second-order valence-corrected chi connectivity index (χ2v) is 6.91. The SMILES string of the molecule is Oc1ccc(/C=N\Nc2cc(N3CCCC3)nc(N3CCCC3)n2)c(O)c1. The fourth-order valence-corrected chi connectivity index (χ4v) is 3.46. The molecule has 0 aliphatic carbocycles. The Hall–Kier alpha value is -3.03. The molecular weight excluding hydrogens is 344 g/mol. The van der Waals surface area contributed by atoms with Gasteiger partial charge in [0.2, 0.25) is 5.95 Å². The molecule has 0 amide bonds. The summed E-state index contributed by atoms with van der Waals surface area (Å²) in [6, 6.07) is 6.30. The molecule has 2 aromatic rings. The van der Waals surface area contributed by atoms with E-state index in [1.807, 2.05) is 6.07 Å². The summed E-state index contributed by atoms with van der Waals surface area (Å²) in [5.41, 5.74) is 3.46. The normalized spacial score (nSPS) is 17.2. The van der Waals surface area contributed by atoms with Crippen LogP contribution in [0.4, 0.5) is 17.6 Å². The number of nitrogens with one attached hydrogen (secondary N) is 1. The van der Waals surface area contributed by atoms with Crippen LogP contribution < -0.4 is 15.2 Å². The third kappa shape index (κ3) is 4.05. The van der Waals surface area contributed by atoms with E-state index in [0.29, 0.717) is 11.4 Å². The van der Waals surface area contributed by atoms with Gasteiger partial charge in [0.1, 0.15) is 17.3 Å². The van der Waals surface area contributed by atoms with E-state index in [2.05, 4.69) is 25.3 Å². The smallest absolute Gasteiger partial charge is 0.229 e. The average molecular weight is 368 g/mol. The molecule has 2 aliphatic heterocycles. The van der Waals surface area contributed by atoms with Crippen molar-refractivity contribution in [2.24, 2.45) is 5.10 Å². The number of anilines is 3. The van der Waals surface area contributed by atoms with Gasteiger partial charge in [-0.25, -0.2) is 0 Å². The molecule has 3 N–H and O–H groups in total. The Morgan fingerprint density at radius 2 is 1.63 bits per heavy atom. The second kappa shape index (κ2) is 7.69. The van der Waals surface area contributed by atoms with Crippen LogP contribution in [-0.4, -0.2) is 52.6 Å². The van der Waals surface area contributed by atoms with Crippen molar-refractivity contribution in [2.75, 3.05) is 41.4 Å². The first-order valence-electron chi connectivity index (χ1n) is 9.39. The molecule has 3 heterocycles. The Morgan fingerprint density at radius 1 is 0.926 bits per heavy atom. The number of phenolic OH excluding ortho intramolecular Hbond substituents is 2. The summed E-state index contributed by atoms with van der Waals surface area (Å²) in [6.45, 7) is 3.99. The highest BCUT2D eigenvalue weighted by Crippen LogP contribution is 2.26. The molecule has 4 rings (SSSR count). The van der Waals surface area contributed by atoms with Crippen LogP contribution in [0.25, 0.3) is 0 Å². The topological polar surface area (TPSA) is 97.1 Å². The van der Waals surface area contributed by atoms with Crippen molar-refractivity contribution in [2.45, 2.75) is 25.7 Å². The summed E-state index contributed by atoms with van der Waals surface area (Å²) in [7, 11) is 0. The zero-order chi connectivity index (χ0) is 18.6. The molecule has 8 nitrogen and oxygen atoms in total. The Morgan fingerprint density at radius 3 is 2.33 bits per heavy atom. The number of phenols is 2. The van der Waals surface area contributed by atoms with Gasteiger partial charge >= 0.3 is 0 Å². The molecule has 1 aromatic heterocycles. The van der Waals surface area contributed by atoms with Gasteiger partial charge in [-0.05, 0) is 37.8 Å². The monoisotopic (exact) mass is 368 g/mol. The molecule has 8 heteroatoms. The van der Waals surface area contributed by atoms with Crippen molar-refractivity contribution < 1.29 is 10.2 Å². The number of aromatic hydroxyl groups is 2. The van der Waals surface area contributed by atoms with E-state index in [1.54, 1.807) is 6.07 Å². The number of aromatic nitrogens is 2. The van der Waals surface area contributed by atoms with Gasteiger partial charge in [0.25, 0.3) is 0 Å². The van der Waals surface area contributed by atoms with Crippen molar-refractivity contribution in [1.29, 1.82) is 0 Å². The van der Waals surface area contributed by atoms with Gasteiger partial charge in [-0.1, -0.05) is 0 Å². The minimum Gasteiger partial charge on any atom is -0.508 e. The molecule has 27 heavy (non-hydrogen) atoms. The zero-order valence-electron chi connectivity index (χ0n) is 15.2. The lowest BCUT2D eigenvalue weighted by molar-refractivity contribution is 0.450. The highest BCUT2D eigenvalue weighted by Gasteiger charge is 2.20. The maximum absolute atomic E-state index is 9.85. The fourth-order valence-electron chi connectivity index (χ4n) is 3.46. The summed E-state index contributed by atoms with van der Waals surface area (Å²) in [5.74, 6) is 2.28. The molecule has 0 unspecified atom stereocenters. The van der Waals surface area contributed by atoms with E-state index in [9.17, 15) is 10.2 Å².